The third-order valence-corrected chi connectivity index (χ3v) is 3.70. The Morgan fingerprint density at radius 3 is 2.52 bits per heavy atom. The van der Waals surface area contributed by atoms with Gasteiger partial charge in [0.2, 0.25) is 0 Å². The zero-order chi connectivity index (χ0) is 17.2. The van der Waals surface area contributed by atoms with Crippen LogP contribution in [0.1, 0.15) is 23.4 Å². The molecule has 138 valence electrons. The number of guanidine groups is 1. The van der Waals surface area contributed by atoms with Crippen LogP contribution in [-0.2, 0) is 6.42 Å². The Bertz CT molecular complexity index is 624. The Morgan fingerprint density at radius 1 is 1.16 bits per heavy atom. The normalized spacial score (nSPS) is 10.9. The fraction of sp³-hybridized carbons (Fsp3) is 0.444. The fourth-order valence-corrected chi connectivity index (χ4v) is 2.37. The number of benzene rings is 1. The second-order valence-corrected chi connectivity index (χ2v) is 5.49. The largest absolute Gasteiger partial charge is 0.494 e. The highest BCUT2D eigenvalue weighted by Gasteiger charge is 2.08. The third kappa shape index (κ3) is 7.33. The topological polar surface area (TPSA) is 71.7 Å². The minimum absolute atomic E-state index is 0. The molecule has 0 unspecified atom stereocenters. The number of hydrogen-bond donors (Lipinski definition) is 2. The van der Waals surface area contributed by atoms with Crippen LogP contribution < -0.4 is 15.4 Å². The summed E-state index contributed by atoms with van der Waals surface area (Å²) in [4.78, 5) is 4.22. The van der Waals surface area contributed by atoms with Crippen molar-refractivity contribution in [1.82, 2.24) is 15.8 Å². The molecule has 0 bridgehead atoms. The van der Waals surface area contributed by atoms with Gasteiger partial charge in [-0.1, -0.05) is 23.4 Å². The zero-order valence-electron chi connectivity index (χ0n) is 15.0. The van der Waals surface area contributed by atoms with Gasteiger partial charge in [0, 0.05) is 25.7 Å². The van der Waals surface area contributed by atoms with E-state index in [4.69, 9.17) is 9.26 Å². The lowest BCUT2D eigenvalue weighted by atomic mass is 10.1. The van der Waals surface area contributed by atoms with E-state index in [1.165, 1.54) is 0 Å². The van der Waals surface area contributed by atoms with Gasteiger partial charge in [-0.25, -0.2) is 0 Å². The highest BCUT2D eigenvalue weighted by Crippen LogP contribution is 2.12. The number of nitrogens with zero attached hydrogens (tertiary/aromatic N) is 2. The Hall–Kier alpha value is -1.77. The van der Waals surface area contributed by atoms with Crippen molar-refractivity contribution in [2.24, 2.45) is 4.99 Å². The SMILES string of the molecule is CN=C(NCCCOc1ccccc1)NCCc1c(C)noc1C.I. The van der Waals surface area contributed by atoms with E-state index >= 15 is 0 Å². The van der Waals surface area contributed by atoms with Crippen molar-refractivity contribution in [1.29, 1.82) is 0 Å². The van der Waals surface area contributed by atoms with Crippen molar-refractivity contribution in [3.63, 3.8) is 0 Å². The summed E-state index contributed by atoms with van der Waals surface area (Å²) < 4.78 is 10.8. The van der Waals surface area contributed by atoms with Gasteiger partial charge in [0.25, 0.3) is 0 Å². The van der Waals surface area contributed by atoms with Crippen molar-refractivity contribution < 1.29 is 9.26 Å². The molecule has 1 aromatic heterocycles. The highest BCUT2D eigenvalue weighted by molar-refractivity contribution is 14.0. The van der Waals surface area contributed by atoms with Crippen LogP contribution >= 0.6 is 24.0 Å². The average Bonchev–Trinajstić information content (AvgIpc) is 2.92. The van der Waals surface area contributed by atoms with Crippen LogP contribution in [0, 0.1) is 13.8 Å². The van der Waals surface area contributed by atoms with Crippen LogP contribution in [0.25, 0.3) is 0 Å². The van der Waals surface area contributed by atoms with E-state index in [9.17, 15) is 0 Å². The van der Waals surface area contributed by atoms with Gasteiger partial charge in [-0.05, 0) is 38.8 Å². The Labute approximate surface area is 166 Å². The summed E-state index contributed by atoms with van der Waals surface area (Å²) in [5.74, 6) is 2.58. The molecular formula is C18H27IN4O2. The van der Waals surface area contributed by atoms with E-state index in [0.29, 0.717) is 6.61 Å². The summed E-state index contributed by atoms with van der Waals surface area (Å²) >= 11 is 0. The van der Waals surface area contributed by atoms with Crippen LogP contribution in [0.3, 0.4) is 0 Å². The Morgan fingerprint density at radius 2 is 1.88 bits per heavy atom. The zero-order valence-corrected chi connectivity index (χ0v) is 17.4. The van der Waals surface area contributed by atoms with Crippen LogP contribution in [0.2, 0.25) is 0 Å². The molecule has 0 fully saturated rings. The number of aromatic nitrogens is 1. The molecule has 0 saturated carbocycles. The smallest absolute Gasteiger partial charge is 0.190 e. The van der Waals surface area contributed by atoms with E-state index in [2.05, 4.69) is 20.8 Å². The first-order valence-electron chi connectivity index (χ1n) is 8.25. The van der Waals surface area contributed by atoms with Crippen LogP contribution in [0.5, 0.6) is 5.75 Å². The van der Waals surface area contributed by atoms with Crippen molar-refractivity contribution in [2.45, 2.75) is 26.7 Å². The molecule has 6 nitrogen and oxygen atoms in total. The molecule has 1 heterocycles. The number of para-hydroxylation sites is 1. The quantitative estimate of drug-likeness (QED) is 0.275. The van der Waals surface area contributed by atoms with E-state index in [0.717, 1.165) is 54.7 Å². The number of aryl methyl sites for hydroxylation is 2. The molecule has 25 heavy (non-hydrogen) atoms. The number of nitrogens with one attached hydrogen (secondary N) is 2. The second-order valence-electron chi connectivity index (χ2n) is 5.49. The molecule has 7 heteroatoms. The molecule has 0 amide bonds. The molecule has 0 aliphatic rings. The summed E-state index contributed by atoms with van der Waals surface area (Å²) in [6, 6.07) is 9.84. The first-order chi connectivity index (χ1) is 11.7. The fourth-order valence-electron chi connectivity index (χ4n) is 2.37. The lowest BCUT2D eigenvalue weighted by molar-refractivity contribution is 0.311. The molecule has 0 spiro atoms. The monoisotopic (exact) mass is 458 g/mol. The predicted molar refractivity (Wildman–Crippen MR) is 111 cm³/mol. The van der Waals surface area contributed by atoms with Gasteiger partial charge >= 0.3 is 0 Å². The standard InChI is InChI=1S/C18H26N4O2.HI/c1-14-17(15(2)24-22-14)10-12-21-18(19-3)20-11-7-13-23-16-8-5-4-6-9-16;/h4-6,8-9H,7,10-13H2,1-3H3,(H2,19,20,21);1H. The molecule has 0 aliphatic heterocycles. The summed E-state index contributed by atoms with van der Waals surface area (Å²) in [5.41, 5.74) is 2.12. The van der Waals surface area contributed by atoms with Crippen molar-refractivity contribution in [3.05, 3.63) is 47.3 Å². The van der Waals surface area contributed by atoms with Gasteiger partial charge in [-0.2, -0.15) is 0 Å². The molecule has 0 aliphatic carbocycles. The minimum Gasteiger partial charge on any atom is -0.494 e. The van der Waals surface area contributed by atoms with Gasteiger partial charge in [0.05, 0.1) is 12.3 Å². The summed E-state index contributed by atoms with van der Waals surface area (Å²) in [6.45, 7) is 6.16. The molecule has 2 N–H and O–H groups in total. The number of ether oxygens (including phenoxy) is 1. The molecular weight excluding hydrogens is 431 g/mol. The molecule has 0 saturated heterocycles. The van der Waals surface area contributed by atoms with Crippen LogP contribution in [0.4, 0.5) is 0 Å². The van der Waals surface area contributed by atoms with Crippen molar-refractivity contribution in [3.8, 4) is 5.75 Å². The molecule has 1 aromatic carbocycles. The molecule has 2 rings (SSSR count). The maximum Gasteiger partial charge on any atom is 0.190 e. The van der Waals surface area contributed by atoms with E-state index < -0.39 is 0 Å². The number of halogens is 1. The maximum absolute atomic E-state index is 5.66. The molecule has 0 radical (unpaired) electrons. The Kier molecular flexibility index (Phi) is 9.98. The lowest BCUT2D eigenvalue weighted by Crippen LogP contribution is -2.39. The van der Waals surface area contributed by atoms with Gasteiger partial charge in [-0.15, -0.1) is 24.0 Å². The van der Waals surface area contributed by atoms with E-state index in [1.807, 2.05) is 44.2 Å². The summed E-state index contributed by atoms with van der Waals surface area (Å²) in [7, 11) is 1.77. The van der Waals surface area contributed by atoms with E-state index in [-0.39, 0.29) is 24.0 Å². The second kappa shape index (κ2) is 11.7. The van der Waals surface area contributed by atoms with Crippen LogP contribution in [-0.4, -0.2) is 37.9 Å². The molecule has 2 aromatic rings. The number of rotatable bonds is 8. The van der Waals surface area contributed by atoms with Gasteiger partial charge in [0.15, 0.2) is 5.96 Å². The van der Waals surface area contributed by atoms with Gasteiger partial charge < -0.3 is 19.9 Å². The van der Waals surface area contributed by atoms with Crippen molar-refractivity contribution in [2.75, 3.05) is 26.7 Å². The first-order valence-corrected chi connectivity index (χ1v) is 8.25. The van der Waals surface area contributed by atoms with E-state index in [1.54, 1.807) is 7.05 Å². The predicted octanol–water partition coefficient (Wildman–Crippen LogP) is 3.09. The Balaban J connectivity index is 0.00000312. The summed E-state index contributed by atoms with van der Waals surface area (Å²) in [5, 5.41) is 10.6. The first kappa shape index (κ1) is 21.3. The summed E-state index contributed by atoms with van der Waals surface area (Å²) in [6.07, 6.45) is 1.76. The highest BCUT2D eigenvalue weighted by atomic mass is 127. The van der Waals surface area contributed by atoms with Gasteiger partial charge in [0.1, 0.15) is 11.5 Å². The third-order valence-electron chi connectivity index (χ3n) is 3.70. The van der Waals surface area contributed by atoms with Crippen LogP contribution in [0.15, 0.2) is 39.8 Å². The number of aliphatic imine (C=N–C) groups is 1. The average molecular weight is 458 g/mol. The molecule has 0 atom stereocenters. The maximum atomic E-state index is 5.66. The number of hydrogen-bond acceptors (Lipinski definition) is 4. The minimum atomic E-state index is 0. The van der Waals surface area contributed by atoms with Gasteiger partial charge in [-0.3, -0.25) is 4.99 Å². The van der Waals surface area contributed by atoms with Crippen molar-refractivity contribution >= 4 is 29.9 Å². The lowest BCUT2D eigenvalue weighted by Gasteiger charge is -2.12.